The number of halogens is 4. The number of hydrogen-bond donors (Lipinski definition) is 2. The van der Waals surface area contributed by atoms with Crippen molar-refractivity contribution in [1.29, 1.82) is 0 Å². The molecule has 0 bridgehead atoms. The van der Waals surface area contributed by atoms with Crippen LogP contribution in [-0.4, -0.2) is 18.5 Å². The lowest BCUT2D eigenvalue weighted by atomic mass is 10.1. The Labute approximate surface area is 115 Å². The van der Waals surface area contributed by atoms with E-state index in [4.69, 9.17) is 5.73 Å². The van der Waals surface area contributed by atoms with Crippen LogP contribution in [0.3, 0.4) is 0 Å². The quantitative estimate of drug-likeness (QED) is 0.894. The summed E-state index contributed by atoms with van der Waals surface area (Å²) in [5.74, 6) is -0.257. The highest BCUT2D eigenvalue weighted by atomic mass is 35.5. The highest BCUT2D eigenvalue weighted by Gasteiger charge is 2.29. The summed E-state index contributed by atoms with van der Waals surface area (Å²) in [5.41, 5.74) is 5.15. The molecule has 0 spiro atoms. The Hall–Kier alpha value is -1.27. The molecule has 0 saturated carbocycles. The van der Waals surface area contributed by atoms with E-state index in [2.05, 4.69) is 5.32 Å². The van der Waals surface area contributed by atoms with Crippen LogP contribution in [0.4, 0.5) is 13.2 Å². The molecular weight excluding hydrogens is 281 g/mol. The Kier molecular flexibility index (Phi) is 6.86. The van der Waals surface area contributed by atoms with Gasteiger partial charge in [-0.2, -0.15) is 13.2 Å². The average molecular weight is 297 g/mol. The van der Waals surface area contributed by atoms with Crippen molar-refractivity contribution in [3.8, 4) is 0 Å². The van der Waals surface area contributed by atoms with Gasteiger partial charge in [-0.25, -0.2) is 0 Å². The number of alkyl halides is 3. The normalized spacial score (nSPS) is 12.5. The second-order valence-electron chi connectivity index (χ2n) is 4.08. The number of nitrogens with one attached hydrogen (secondary N) is 1. The number of hydrogen-bond acceptors (Lipinski definition) is 2. The van der Waals surface area contributed by atoms with E-state index in [9.17, 15) is 18.0 Å². The fourth-order valence-corrected chi connectivity index (χ4v) is 1.38. The zero-order valence-electron chi connectivity index (χ0n) is 10.3. The van der Waals surface area contributed by atoms with Crippen molar-refractivity contribution < 1.29 is 18.0 Å². The van der Waals surface area contributed by atoms with Gasteiger partial charge in [0.25, 0.3) is 0 Å². The fourth-order valence-electron chi connectivity index (χ4n) is 1.38. The van der Waals surface area contributed by atoms with Crippen molar-refractivity contribution in [2.75, 3.05) is 6.54 Å². The SMILES string of the molecule is C[C@H](CN)NC(=O)Cc1ccc(C(F)(F)F)cc1.Cl. The van der Waals surface area contributed by atoms with E-state index in [0.29, 0.717) is 12.1 Å². The lowest BCUT2D eigenvalue weighted by Crippen LogP contribution is -2.38. The number of rotatable bonds is 4. The van der Waals surface area contributed by atoms with Crippen LogP contribution in [0.2, 0.25) is 0 Å². The number of amides is 1. The van der Waals surface area contributed by atoms with E-state index < -0.39 is 11.7 Å². The van der Waals surface area contributed by atoms with Gasteiger partial charge in [-0.1, -0.05) is 12.1 Å². The van der Waals surface area contributed by atoms with E-state index >= 15 is 0 Å². The number of nitrogens with two attached hydrogens (primary N) is 1. The van der Waals surface area contributed by atoms with Gasteiger partial charge in [0.15, 0.2) is 0 Å². The van der Waals surface area contributed by atoms with Gasteiger partial charge in [0.2, 0.25) is 5.91 Å². The van der Waals surface area contributed by atoms with Gasteiger partial charge in [0.05, 0.1) is 12.0 Å². The highest BCUT2D eigenvalue weighted by Crippen LogP contribution is 2.29. The molecule has 1 atom stereocenters. The molecule has 1 aromatic carbocycles. The molecule has 0 radical (unpaired) electrons. The minimum atomic E-state index is -4.35. The topological polar surface area (TPSA) is 55.1 Å². The Morgan fingerprint density at radius 3 is 2.26 bits per heavy atom. The van der Waals surface area contributed by atoms with E-state index in [1.54, 1.807) is 6.92 Å². The van der Waals surface area contributed by atoms with Crippen LogP contribution in [0, 0.1) is 0 Å². The molecular formula is C12H16ClF3N2O. The van der Waals surface area contributed by atoms with Crippen molar-refractivity contribution in [2.45, 2.75) is 25.6 Å². The number of carbonyl (C=O) groups is 1. The minimum absolute atomic E-state index is 0. The van der Waals surface area contributed by atoms with Crippen molar-refractivity contribution in [3.63, 3.8) is 0 Å². The van der Waals surface area contributed by atoms with Crippen molar-refractivity contribution in [3.05, 3.63) is 35.4 Å². The summed E-state index contributed by atoms with van der Waals surface area (Å²) in [6, 6.07) is 4.39. The zero-order valence-corrected chi connectivity index (χ0v) is 11.1. The first-order chi connectivity index (χ1) is 8.32. The third kappa shape index (κ3) is 5.94. The van der Waals surface area contributed by atoms with Gasteiger partial charge in [-0.15, -0.1) is 12.4 Å². The largest absolute Gasteiger partial charge is 0.416 e. The predicted molar refractivity (Wildman–Crippen MR) is 69.1 cm³/mol. The molecule has 0 heterocycles. The first-order valence-corrected chi connectivity index (χ1v) is 5.48. The van der Waals surface area contributed by atoms with Crippen molar-refractivity contribution in [2.24, 2.45) is 5.73 Å². The molecule has 108 valence electrons. The summed E-state index contributed by atoms with van der Waals surface area (Å²) < 4.78 is 36.9. The first kappa shape index (κ1) is 17.7. The van der Waals surface area contributed by atoms with Gasteiger partial charge >= 0.3 is 6.18 Å². The molecule has 0 unspecified atom stereocenters. The fraction of sp³-hybridized carbons (Fsp3) is 0.417. The second kappa shape index (κ2) is 7.35. The molecule has 0 aliphatic heterocycles. The van der Waals surface area contributed by atoms with E-state index in [1.807, 2.05) is 0 Å². The van der Waals surface area contributed by atoms with Gasteiger partial charge in [-0.3, -0.25) is 4.79 Å². The van der Waals surface area contributed by atoms with Crippen LogP contribution in [0.5, 0.6) is 0 Å². The molecule has 7 heteroatoms. The van der Waals surface area contributed by atoms with Crippen molar-refractivity contribution >= 4 is 18.3 Å². The summed E-state index contributed by atoms with van der Waals surface area (Å²) in [6.07, 6.45) is -4.31. The van der Waals surface area contributed by atoms with Gasteiger partial charge in [-0.05, 0) is 24.6 Å². The van der Waals surface area contributed by atoms with Crippen LogP contribution in [0.15, 0.2) is 24.3 Å². The standard InChI is InChI=1S/C12H15F3N2O.ClH/c1-8(7-16)17-11(18)6-9-2-4-10(5-3-9)12(13,14)15;/h2-5,8H,6-7,16H2,1H3,(H,17,18);1H/t8-;/m1./s1. The van der Waals surface area contributed by atoms with Gasteiger partial charge < -0.3 is 11.1 Å². The molecule has 0 fully saturated rings. The summed E-state index contributed by atoms with van der Waals surface area (Å²) in [5, 5.41) is 2.64. The van der Waals surface area contributed by atoms with Crippen LogP contribution < -0.4 is 11.1 Å². The molecule has 1 amide bonds. The summed E-state index contributed by atoms with van der Waals surface area (Å²) in [6.45, 7) is 2.07. The monoisotopic (exact) mass is 296 g/mol. The molecule has 3 N–H and O–H groups in total. The van der Waals surface area contributed by atoms with E-state index in [1.165, 1.54) is 12.1 Å². The Balaban J connectivity index is 0.00000324. The van der Waals surface area contributed by atoms with Crippen LogP contribution in [0.1, 0.15) is 18.1 Å². The first-order valence-electron chi connectivity index (χ1n) is 5.48. The predicted octanol–water partition coefficient (Wildman–Crippen LogP) is 2.13. The third-order valence-electron chi connectivity index (χ3n) is 2.41. The van der Waals surface area contributed by atoms with Crippen LogP contribution in [0.25, 0.3) is 0 Å². The Bertz CT molecular complexity index is 406. The van der Waals surface area contributed by atoms with Crippen LogP contribution >= 0.6 is 12.4 Å². The zero-order chi connectivity index (χ0) is 13.8. The third-order valence-corrected chi connectivity index (χ3v) is 2.41. The molecule has 0 saturated heterocycles. The van der Waals surface area contributed by atoms with Crippen LogP contribution in [-0.2, 0) is 17.4 Å². The maximum absolute atomic E-state index is 12.3. The van der Waals surface area contributed by atoms with Gasteiger partial charge in [0, 0.05) is 12.6 Å². The number of carbonyl (C=O) groups excluding carboxylic acids is 1. The van der Waals surface area contributed by atoms with E-state index in [-0.39, 0.29) is 30.8 Å². The minimum Gasteiger partial charge on any atom is -0.352 e. The smallest absolute Gasteiger partial charge is 0.352 e. The molecule has 0 aromatic heterocycles. The van der Waals surface area contributed by atoms with E-state index in [0.717, 1.165) is 12.1 Å². The van der Waals surface area contributed by atoms with Crippen molar-refractivity contribution in [1.82, 2.24) is 5.32 Å². The maximum Gasteiger partial charge on any atom is 0.416 e. The van der Waals surface area contributed by atoms with Gasteiger partial charge in [0.1, 0.15) is 0 Å². The molecule has 19 heavy (non-hydrogen) atoms. The summed E-state index contributed by atoms with van der Waals surface area (Å²) in [7, 11) is 0. The molecule has 3 nitrogen and oxygen atoms in total. The molecule has 1 rings (SSSR count). The Morgan fingerprint density at radius 1 is 1.32 bits per heavy atom. The summed E-state index contributed by atoms with van der Waals surface area (Å²) in [4.78, 5) is 11.5. The molecule has 0 aliphatic carbocycles. The lowest BCUT2D eigenvalue weighted by Gasteiger charge is -2.11. The summed E-state index contributed by atoms with van der Waals surface area (Å²) >= 11 is 0. The average Bonchev–Trinajstić information content (AvgIpc) is 2.28. The molecule has 1 aromatic rings. The second-order valence-corrected chi connectivity index (χ2v) is 4.08. The molecule has 0 aliphatic rings. The highest BCUT2D eigenvalue weighted by molar-refractivity contribution is 5.85. The lowest BCUT2D eigenvalue weighted by molar-refractivity contribution is -0.137. The number of benzene rings is 1. The Morgan fingerprint density at radius 2 is 1.84 bits per heavy atom. The maximum atomic E-state index is 12.3.